The Morgan fingerprint density at radius 3 is 2.75 bits per heavy atom. The molecule has 8 heteroatoms. The van der Waals surface area contributed by atoms with Gasteiger partial charge in [0.1, 0.15) is 0 Å². The second kappa shape index (κ2) is 5.47. The molecule has 1 unspecified atom stereocenters. The van der Waals surface area contributed by atoms with Crippen LogP contribution in [0.4, 0.5) is 5.69 Å². The van der Waals surface area contributed by atoms with Crippen LogP contribution in [-0.4, -0.2) is 41.9 Å². The summed E-state index contributed by atoms with van der Waals surface area (Å²) in [6.07, 6.45) is 0.464. The van der Waals surface area contributed by atoms with E-state index in [9.17, 15) is 23.6 Å². The number of aliphatic hydroxyl groups excluding tert-OH is 1. The van der Waals surface area contributed by atoms with Gasteiger partial charge in [0.25, 0.3) is 5.69 Å². The number of nitrogens with zero attached hydrogens (tertiary/aromatic N) is 2. The molecule has 1 atom stereocenters. The zero-order valence-electron chi connectivity index (χ0n) is 11.0. The Balaban J connectivity index is 2.44. The van der Waals surface area contributed by atoms with Gasteiger partial charge in [-0.25, -0.2) is 8.42 Å². The molecule has 7 nitrogen and oxygen atoms in total. The van der Waals surface area contributed by atoms with Crippen LogP contribution in [0.25, 0.3) is 0 Å². The summed E-state index contributed by atoms with van der Waals surface area (Å²) in [7, 11) is -3.81. The van der Waals surface area contributed by atoms with Gasteiger partial charge in [0.15, 0.2) is 0 Å². The standard InChI is InChI=1S/C12H16N2O5S/c1-9-11(14(16)17)5-2-6-12(9)20(18,19)13-7-3-4-10(15)8-13/h2,5-6,10,15H,3-4,7-8H2,1H3. The molecule has 0 aliphatic carbocycles. The van der Waals surface area contributed by atoms with Crippen molar-refractivity contribution in [1.82, 2.24) is 4.31 Å². The number of nitro benzene ring substituents is 1. The summed E-state index contributed by atoms with van der Waals surface area (Å²) in [5.41, 5.74) is -0.0961. The minimum Gasteiger partial charge on any atom is -0.392 e. The van der Waals surface area contributed by atoms with Crippen molar-refractivity contribution in [3.63, 3.8) is 0 Å². The van der Waals surface area contributed by atoms with Crippen LogP contribution in [0.15, 0.2) is 23.1 Å². The lowest BCUT2D eigenvalue weighted by atomic mass is 10.1. The van der Waals surface area contributed by atoms with Gasteiger partial charge in [-0.3, -0.25) is 10.1 Å². The SMILES string of the molecule is Cc1c([N+](=O)[O-])cccc1S(=O)(=O)N1CCCC(O)C1. The largest absolute Gasteiger partial charge is 0.392 e. The predicted octanol–water partition coefficient (Wildman–Crippen LogP) is 1.05. The zero-order chi connectivity index (χ0) is 14.9. The monoisotopic (exact) mass is 300 g/mol. The van der Waals surface area contributed by atoms with Gasteiger partial charge in [0.05, 0.1) is 15.9 Å². The highest BCUT2D eigenvalue weighted by molar-refractivity contribution is 7.89. The van der Waals surface area contributed by atoms with Gasteiger partial charge in [-0.1, -0.05) is 6.07 Å². The average Bonchev–Trinajstić information content (AvgIpc) is 2.38. The number of hydrogen-bond donors (Lipinski definition) is 1. The molecule has 2 rings (SSSR count). The molecule has 1 N–H and O–H groups in total. The molecule has 1 aliphatic heterocycles. The van der Waals surface area contributed by atoms with Crippen molar-refractivity contribution < 1.29 is 18.4 Å². The summed E-state index contributed by atoms with van der Waals surface area (Å²) in [6.45, 7) is 1.78. The van der Waals surface area contributed by atoms with Gasteiger partial charge in [0.2, 0.25) is 10.0 Å². The van der Waals surface area contributed by atoms with Crippen LogP contribution in [0, 0.1) is 17.0 Å². The minimum absolute atomic E-state index is 0.0322. The van der Waals surface area contributed by atoms with E-state index in [1.165, 1.54) is 29.4 Å². The lowest BCUT2D eigenvalue weighted by molar-refractivity contribution is -0.385. The second-order valence-corrected chi connectivity index (χ2v) is 6.72. The molecule has 0 bridgehead atoms. The number of nitro groups is 1. The van der Waals surface area contributed by atoms with Crippen molar-refractivity contribution >= 4 is 15.7 Å². The fraction of sp³-hybridized carbons (Fsp3) is 0.500. The molecule has 1 fully saturated rings. The third-order valence-electron chi connectivity index (χ3n) is 3.43. The first kappa shape index (κ1) is 14.9. The van der Waals surface area contributed by atoms with E-state index in [4.69, 9.17) is 0 Å². The van der Waals surface area contributed by atoms with Crippen molar-refractivity contribution in [2.24, 2.45) is 0 Å². The van der Waals surface area contributed by atoms with Crippen LogP contribution in [0.3, 0.4) is 0 Å². The highest BCUT2D eigenvalue weighted by Gasteiger charge is 2.32. The summed E-state index contributed by atoms with van der Waals surface area (Å²) in [5.74, 6) is 0. The first-order chi connectivity index (χ1) is 9.34. The Morgan fingerprint density at radius 1 is 1.45 bits per heavy atom. The molecule has 1 aromatic rings. The molecule has 0 saturated carbocycles. The van der Waals surface area contributed by atoms with E-state index < -0.39 is 21.1 Å². The first-order valence-electron chi connectivity index (χ1n) is 6.26. The lowest BCUT2D eigenvalue weighted by Gasteiger charge is -2.29. The van der Waals surface area contributed by atoms with E-state index in [-0.39, 0.29) is 22.7 Å². The first-order valence-corrected chi connectivity index (χ1v) is 7.70. The third kappa shape index (κ3) is 2.67. The topological polar surface area (TPSA) is 101 Å². The van der Waals surface area contributed by atoms with Crippen LogP contribution in [0.5, 0.6) is 0 Å². The number of aliphatic hydroxyl groups is 1. The van der Waals surface area contributed by atoms with Crippen LogP contribution in [0.2, 0.25) is 0 Å². The quantitative estimate of drug-likeness (QED) is 0.664. The van der Waals surface area contributed by atoms with E-state index >= 15 is 0 Å². The Bertz CT molecular complexity index is 629. The number of β-amino-alcohol motifs (C(OH)–C–C–N with tert-alkyl or cyclic N) is 1. The van der Waals surface area contributed by atoms with Gasteiger partial charge in [-0.2, -0.15) is 4.31 Å². The van der Waals surface area contributed by atoms with Crippen LogP contribution in [0.1, 0.15) is 18.4 Å². The number of rotatable bonds is 3. The Hall–Kier alpha value is -1.51. The van der Waals surface area contributed by atoms with E-state index in [1.54, 1.807) is 0 Å². The average molecular weight is 300 g/mol. The molecule has 20 heavy (non-hydrogen) atoms. The molecule has 0 radical (unpaired) electrons. The van der Waals surface area contributed by atoms with Crippen molar-refractivity contribution in [1.29, 1.82) is 0 Å². The van der Waals surface area contributed by atoms with Gasteiger partial charge in [-0.05, 0) is 25.8 Å². The highest BCUT2D eigenvalue weighted by atomic mass is 32.2. The molecular weight excluding hydrogens is 284 g/mol. The maximum Gasteiger partial charge on any atom is 0.273 e. The molecule has 0 aromatic heterocycles. The molecular formula is C12H16N2O5S. The summed E-state index contributed by atoms with van der Waals surface area (Å²) < 4.78 is 26.2. The van der Waals surface area contributed by atoms with Crippen LogP contribution >= 0.6 is 0 Å². The van der Waals surface area contributed by atoms with E-state index in [0.29, 0.717) is 19.4 Å². The summed E-state index contributed by atoms with van der Waals surface area (Å²) >= 11 is 0. The molecule has 110 valence electrons. The summed E-state index contributed by atoms with van der Waals surface area (Å²) in [4.78, 5) is 10.2. The van der Waals surface area contributed by atoms with Crippen molar-refractivity contribution in [3.05, 3.63) is 33.9 Å². The van der Waals surface area contributed by atoms with E-state index in [2.05, 4.69) is 0 Å². The van der Waals surface area contributed by atoms with Gasteiger partial charge >= 0.3 is 0 Å². The Labute approximate surface area is 117 Å². The Morgan fingerprint density at radius 2 is 2.15 bits per heavy atom. The van der Waals surface area contributed by atoms with Crippen molar-refractivity contribution in [2.45, 2.75) is 30.8 Å². The van der Waals surface area contributed by atoms with Crippen LogP contribution < -0.4 is 0 Å². The third-order valence-corrected chi connectivity index (χ3v) is 5.44. The maximum absolute atomic E-state index is 12.5. The molecule has 1 aliphatic rings. The normalized spacial score (nSPS) is 20.8. The highest BCUT2D eigenvalue weighted by Crippen LogP contribution is 2.28. The maximum atomic E-state index is 12.5. The fourth-order valence-corrected chi connectivity index (χ4v) is 4.12. The molecule has 1 saturated heterocycles. The zero-order valence-corrected chi connectivity index (χ0v) is 11.8. The smallest absolute Gasteiger partial charge is 0.273 e. The van der Waals surface area contributed by atoms with Gasteiger partial charge < -0.3 is 5.11 Å². The van der Waals surface area contributed by atoms with E-state index in [0.717, 1.165) is 0 Å². The Kier molecular flexibility index (Phi) is 4.07. The molecule has 0 spiro atoms. The number of piperidine rings is 1. The lowest BCUT2D eigenvalue weighted by Crippen LogP contribution is -2.42. The van der Waals surface area contributed by atoms with E-state index in [1.807, 2.05) is 0 Å². The van der Waals surface area contributed by atoms with Crippen molar-refractivity contribution in [3.8, 4) is 0 Å². The van der Waals surface area contributed by atoms with Crippen molar-refractivity contribution in [2.75, 3.05) is 13.1 Å². The van der Waals surface area contributed by atoms with Gasteiger partial charge in [-0.15, -0.1) is 0 Å². The fourth-order valence-electron chi connectivity index (χ4n) is 2.36. The number of hydrogen-bond acceptors (Lipinski definition) is 5. The minimum atomic E-state index is -3.81. The summed E-state index contributed by atoms with van der Waals surface area (Å²) in [6, 6.07) is 4.00. The molecule has 1 heterocycles. The number of benzene rings is 1. The van der Waals surface area contributed by atoms with Gasteiger partial charge in [0, 0.05) is 24.7 Å². The molecule has 0 amide bonds. The molecule has 1 aromatic carbocycles. The predicted molar refractivity (Wildman–Crippen MR) is 71.8 cm³/mol. The second-order valence-electron chi connectivity index (χ2n) is 4.82. The summed E-state index contributed by atoms with van der Waals surface area (Å²) in [5, 5.41) is 20.5. The van der Waals surface area contributed by atoms with Crippen LogP contribution in [-0.2, 0) is 10.0 Å². The number of sulfonamides is 1.